The number of benzene rings is 2. The zero-order chi connectivity index (χ0) is 23.5. The standard InChI is InChI=1S/C22H25N3O6S/c1-13(2)19(24-20-15-9-5-8-12-18(15)32(28,29)25-20)22(27)31-14(3)21(26)23-16-10-6-7-11-17(16)30-4/h5-14,19H,1-4H3,(H,23,26)(H,24,25)/t14-,19+/m1/s1. The van der Waals surface area contributed by atoms with E-state index in [2.05, 4.69) is 15.0 Å². The second-order valence-corrected chi connectivity index (χ2v) is 9.19. The number of hydrogen-bond donors (Lipinski definition) is 2. The fourth-order valence-electron chi connectivity index (χ4n) is 3.12. The van der Waals surface area contributed by atoms with Gasteiger partial charge in [-0.3, -0.25) is 14.5 Å². The molecule has 0 saturated heterocycles. The Bertz CT molecular complexity index is 1160. The second kappa shape index (κ2) is 9.39. The Morgan fingerprint density at radius 3 is 2.38 bits per heavy atom. The van der Waals surface area contributed by atoms with E-state index < -0.39 is 34.0 Å². The number of rotatable bonds is 7. The molecule has 0 saturated carbocycles. The van der Waals surface area contributed by atoms with E-state index >= 15 is 0 Å². The van der Waals surface area contributed by atoms with Gasteiger partial charge in [0.2, 0.25) is 0 Å². The van der Waals surface area contributed by atoms with Gasteiger partial charge in [0.15, 0.2) is 12.1 Å². The Balaban J connectivity index is 1.76. The molecule has 2 aromatic rings. The predicted molar refractivity (Wildman–Crippen MR) is 119 cm³/mol. The van der Waals surface area contributed by atoms with Gasteiger partial charge in [0.25, 0.3) is 15.9 Å². The maximum Gasteiger partial charge on any atom is 0.331 e. The summed E-state index contributed by atoms with van der Waals surface area (Å²) in [4.78, 5) is 29.8. The van der Waals surface area contributed by atoms with Crippen LogP contribution in [0.15, 0.2) is 58.4 Å². The number of nitrogens with one attached hydrogen (secondary N) is 2. The number of methoxy groups -OCH3 is 1. The van der Waals surface area contributed by atoms with E-state index in [1.165, 1.54) is 20.1 Å². The van der Waals surface area contributed by atoms with Crippen molar-refractivity contribution in [1.82, 2.24) is 4.72 Å². The Morgan fingerprint density at radius 2 is 1.69 bits per heavy atom. The highest BCUT2D eigenvalue weighted by molar-refractivity contribution is 7.90. The molecular formula is C22H25N3O6S. The summed E-state index contributed by atoms with van der Waals surface area (Å²) >= 11 is 0. The Hall–Kier alpha value is -3.40. The van der Waals surface area contributed by atoms with Crippen LogP contribution in [0.1, 0.15) is 26.3 Å². The Morgan fingerprint density at radius 1 is 1.03 bits per heavy atom. The maximum atomic E-state index is 12.8. The van der Waals surface area contributed by atoms with Crippen LogP contribution in [-0.2, 0) is 24.3 Å². The highest BCUT2D eigenvalue weighted by Gasteiger charge is 2.34. The van der Waals surface area contributed by atoms with Crippen LogP contribution in [0.5, 0.6) is 5.75 Å². The lowest BCUT2D eigenvalue weighted by molar-refractivity contribution is -0.155. The third kappa shape index (κ3) is 4.91. The van der Waals surface area contributed by atoms with E-state index in [1.54, 1.807) is 56.3 Å². The molecule has 0 radical (unpaired) electrons. The fraction of sp³-hybridized carbons (Fsp3) is 0.318. The molecule has 2 aromatic carbocycles. The van der Waals surface area contributed by atoms with E-state index in [0.717, 1.165) is 0 Å². The van der Waals surface area contributed by atoms with Gasteiger partial charge in [-0.15, -0.1) is 0 Å². The first-order valence-electron chi connectivity index (χ1n) is 9.98. The molecule has 0 unspecified atom stereocenters. The largest absolute Gasteiger partial charge is 0.495 e. The number of aliphatic imine (C=N–C) groups is 1. The quantitative estimate of drug-likeness (QED) is 0.613. The van der Waals surface area contributed by atoms with E-state index in [4.69, 9.17) is 9.47 Å². The number of amidine groups is 1. The fourth-order valence-corrected chi connectivity index (χ4v) is 4.36. The van der Waals surface area contributed by atoms with Gasteiger partial charge in [-0.2, -0.15) is 0 Å². The normalized spacial score (nSPS) is 17.2. The lowest BCUT2D eigenvalue weighted by Crippen LogP contribution is -2.37. The topological polar surface area (TPSA) is 123 Å². The zero-order valence-electron chi connectivity index (χ0n) is 18.2. The van der Waals surface area contributed by atoms with Crippen LogP contribution in [0.25, 0.3) is 0 Å². The number of hydrogen-bond acceptors (Lipinski definition) is 7. The van der Waals surface area contributed by atoms with Crippen LogP contribution in [-0.4, -0.2) is 45.4 Å². The number of carbonyl (C=O) groups is 2. The van der Waals surface area contributed by atoms with Crippen molar-refractivity contribution in [3.63, 3.8) is 0 Å². The third-order valence-electron chi connectivity index (χ3n) is 4.83. The zero-order valence-corrected chi connectivity index (χ0v) is 19.0. The first-order valence-corrected chi connectivity index (χ1v) is 11.5. The molecule has 0 spiro atoms. The highest BCUT2D eigenvalue weighted by Crippen LogP contribution is 2.25. The van der Waals surface area contributed by atoms with Gasteiger partial charge in [-0.05, 0) is 37.1 Å². The monoisotopic (exact) mass is 459 g/mol. The molecule has 10 heteroatoms. The lowest BCUT2D eigenvalue weighted by Gasteiger charge is -2.20. The summed E-state index contributed by atoms with van der Waals surface area (Å²) in [5.74, 6) is -1.04. The predicted octanol–water partition coefficient (Wildman–Crippen LogP) is 2.33. The number of ether oxygens (including phenoxy) is 2. The number of para-hydroxylation sites is 2. The molecule has 170 valence electrons. The van der Waals surface area contributed by atoms with Gasteiger partial charge in [0.05, 0.1) is 17.7 Å². The van der Waals surface area contributed by atoms with Crippen molar-refractivity contribution in [2.45, 2.75) is 37.8 Å². The van der Waals surface area contributed by atoms with Gasteiger partial charge >= 0.3 is 5.97 Å². The summed E-state index contributed by atoms with van der Waals surface area (Å²) in [6, 6.07) is 12.2. The van der Waals surface area contributed by atoms with Crippen molar-refractivity contribution in [2.24, 2.45) is 10.9 Å². The first kappa shape index (κ1) is 23.3. The molecule has 2 N–H and O–H groups in total. The summed E-state index contributed by atoms with van der Waals surface area (Å²) in [7, 11) is -2.26. The number of fused-ring (bicyclic) bond motifs is 1. The minimum absolute atomic E-state index is 0.0716. The molecule has 1 heterocycles. The molecule has 0 fully saturated rings. The molecule has 1 aliphatic rings. The number of carbonyl (C=O) groups excluding carboxylic acids is 2. The van der Waals surface area contributed by atoms with Crippen LogP contribution < -0.4 is 14.8 Å². The van der Waals surface area contributed by atoms with Crippen molar-refractivity contribution in [1.29, 1.82) is 0 Å². The number of anilines is 1. The van der Waals surface area contributed by atoms with Gasteiger partial charge in [0.1, 0.15) is 11.6 Å². The number of amides is 1. The molecule has 1 amide bonds. The first-order chi connectivity index (χ1) is 15.1. The van der Waals surface area contributed by atoms with Crippen LogP contribution in [0.4, 0.5) is 5.69 Å². The smallest absolute Gasteiger partial charge is 0.331 e. The molecule has 32 heavy (non-hydrogen) atoms. The van der Waals surface area contributed by atoms with Crippen LogP contribution in [0, 0.1) is 5.92 Å². The average molecular weight is 460 g/mol. The molecular weight excluding hydrogens is 434 g/mol. The van der Waals surface area contributed by atoms with E-state index in [-0.39, 0.29) is 16.6 Å². The Kier molecular flexibility index (Phi) is 6.83. The van der Waals surface area contributed by atoms with Crippen LogP contribution in [0.3, 0.4) is 0 Å². The third-order valence-corrected chi connectivity index (χ3v) is 6.23. The summed E-state index contributed by atoms with van der Waals surface area (Å²) < 4.78 is 37.5. The van der Waals surface area contributed by atoms with Crippen molar-refractivity contribution in [2.75, 3.05) is 12.4 Å². The number of nitrogens with zero attached hydrogens (tertiary/aromatic N) is 1. The van der Waals surface area contributed by atoms with Crippen LogP contribution in [0.2, 0.25) is 0 Å². The molecule has 9 nitrogen and oxygen atoms in total. The summed E-state index contributed by atoms with van der Waals surface area (Å²) in [6.45, 7) is 4.95. The van der Waals surface area contributed by atoms with Gasteiger partial charge in [-0.25, -0.2) is 13.2 Å². The van der Waals surface area contributed by atoms with E-state index in [0.29, 0.717) is 17.0 Å². The SMILES string of the molecule is COc1ccccc1NC(=O)[C@@H](C)OC(=O)[C@@H](N=C1NS(=O)(=O)c2ccccc21)C(C)C. The second-order valence-electron chi connectivity index (χ2n) is 7.54. The lowest BCUT2D eigenvalue weighted by atomic mass is 10.0. The van der Waals surface area contributed by atoms with Crippen molar-refractivity contribution in [3.8, 4) is 5.75 Å². The summed E-state index contributed by atoms with van der Waals surface area (Å²) in [5.41, 5.74) is 0.827. The van der Waals surface area contributed by atoms with Crippen molar-refractivity contribution >= 4 is 33.4 Å². The van der Waals surface area contributed by atoms with E-state index in [1.807, 2.05) is 0 Å². The molecule has 0 aliphatic carbocycles. The van der Waals surface area contributed by atoms with E-state index in [9.17, 15) is 18.0 Å². The van der Waals surface area contributed by atoms with Crippen LogP contribution >= 0.6 is 0 Å². The molecule has 2 atom stereocenters. The minimum atomic E-state index is -3.74. The molecule has 3 rings (SSSR count). The number of sulfonamides is 1. The number of esters is 1. The highest BCUT2D eigenvalue weighted by atomic mass is 32.2. The minimum Gasteiger partial charge on any atom is -0.495 e. The molecule has 0 bridgehead atoms. The maximum absolute atomic E-state index is 12.8. The van der Waals surface area contributed by atoms with Gasteiger partial charge in [0, 0.05) is 5.56 Å². The van der Waals surface area contributed by atoms with Crippen molar-refractivity contribution in [3.05, 3.63) is 54.1 Å². The van der Waals surface area contributed by atoms with Crippen molar-refractivity contribution < 1.29 is 27.5 Å². The molecule has 0 aromatic heterocycles. The summed E-state index contributed by atoms with van der Waals surface area (Å²) in [6.07, 6.45) is -1.11. The summed E-state index contributed by atoms with van der Waals surface area (Å²) in [5, 5.41) is 2.66. The Labute approximate surface area is 186 Å². The van der Waals surface area contributed by atoms with Gasteiger partial charge in [-0.1, -0.05) is 38.1 Å². The van der Waals surface area contributed by atoms with Gasteiger partial charge < -0.3 is 14.8 Å². The molecule has 1 aliphatic heterocycles. The average Bonchev–Trinajstić information content (AvgIpc) is 3.02.